The molecule has 0 bridgehead atoms. The van der Waals surface area contributed by atoms with E-state index in [0.29, 0.717) is 0 Å². The van der Waals surface area contributed by atoms with E-state index in [9.17, 15) is 18.5 Å². The molecule has 0 aromatic heterocycles. The third-order valence-electron chi connectivity index (χ3n) is 1.70. The van der Waals surface area contributed by atoms with Crippen LogP contribution >= 0.6 is 34.8 Å². The minimum absolute atomic E-state index is 0.00795. The monoisotopic (exact) mass is 346 g/mol. The highest BCUT2D eigenvalue weighted by molar-refractivity contribution is 7.85. The van der Waals surface area contributed by atoms with Crippen LogP contribution in [-0.2, 0) is 14.4 Å². The molecule has 0 atom stereocenters. The van der Waals surface area contributed by atoms with Gasteiger partial charge < -0.3 is 0 Å². The zero-order valence-electron chi connectivity index (χ0n) is 9.13. The number of benzene rings is 1. The molecule has 0 fully saturated rings. The van der Waals surface area contributed by atoms with E-state index in [2.05, 4.69) is 9.44 Å². The van der Waals surface area contributed by atoms with Gasteiger partial charge in [-0.25, -0.2) is 0 Å². The van der Waals surface area contributed by atoms with Gasteiger partial charge in [-0.2, -0.15) is 8.42 Å². The van der Waals surface area contributed by atoms with Gasteiger partial charge in [0.05, 0.1) is 16.2 Å². The lowest BCUT2D eigenvalue weighted by Gasteiger charge is -2.02. The van der Waals surface area contributed by atoms with Gasteiger partial charge in [-0.1, -0.05) is 40.0 Å². The van der Waals surface area contributed by atoms with E-state index in [1.54, 1.807) is 0 Å². The molecule has 1 aromatic rings. The van der Waals surface area contributed by atoms with Gasteiger partial charge in [-0.15, -0.1) is 0 Å². The van der Waals surface area contributed by atoms with E-state index in [1.165, 1.54) is 6.07 Å². The lowest BCUT2D eigenvalue weighted by molar-refractivity contribution is -0.384. The molecule has 0 spiro atoms. The Kier molecular flexibility index (Phi) is 4.97. The van der Waals surface area contributed by atoms with Crippen LogP contribution in [-0.4, -0.2) is 24.8 Å². The number of hydrogen-bond donors (Lipinski definition) is 0. The number of oxime groups is 1. The number of hydrogen-bond acceptors (Lipinski definition) is 6. The Labute approximate surface area is 123 Å². The molecular formula is C8H5Cl3N2O5S. The third-order valence-corrected chi connectivity index (χ3v) is 3.12. The maximum Gasteiger partial charge on any atom is 0.325 e. The lowest BCUT2D eigenvalue weighted by Crippen LogP contribution is -2.01. The topological polar surface area (TPSA) is 98.9 Å². The first-order valence-electron chi connectivity index (χ1n) is 4.37. The Morgan fingerprint density at radius 1 is 1.42 bits per heavy atom. The Hall–Kier alpha value is -1.09. The fraction of sp³-hybridized carbons (Fsp3) is 0.125. The van der Waals surface area contributed by atoms with Crippen LogP contribution in [0.3, 0.4) is 0 Å². The molecule has 104 valence electrons. The molecule has 1 aromatic carbocycles. The molecule has 0 N–H and O–H groups in total. The van der Waals surface area contributed by atoms with Crippen molar-refractivity contribution in [2.45, 2.75) is 0 Å². The van der Waals surface area contributed by atoms with Gasteiger partial charge in [-0.3, -0.25) is 14.4 Å². The molecule has 1 rings (SSSR count). The van der Waals surface area contributed by atoms with Crippen molar-refractivity contribution in [2.75, 3.05) is 6.26 Å². The summed E-state index contributed by atoms with van der Waals surface area (Å²) in [5.74, 6) is 0. The summed E-state index contributed by atoms with van der Waals surface area (Å²) in [6.45, 7) is 0. The van der Waals surface area contributed by atoms with Crippen molar-refractivity contribution in [1.29, 1.82) is 0 Å². The van der Waals surface area contributed by atoms with Gasteiger partial charge in [0.25, 0.3) is 5.69 Å². The van der Waals surface area contributed by atoms with Crippen molar-refractivity contribution >= 4 is 55.8 Å². The maximum atomic E-state index is 10.7. The highest BCUT2D eigenvalue weighted by atomic mass is 35.5. The number of nitro benzene ring substituents is 1. The SMILES string of the molecule is CS(=O)(=O)ON=C(Cl)c1cc(Cl)c(Cl)c([N+](=O)[O-])c1. The molecule has 0 amide bonds. The molecule has 0 radical (unpaired) electrons. The molecule has 0 unspecified atom stereocenters. The molecule has 0 heterocycles. The smallest absolute Gasteiger partial charge is 0.267 e. The van der Waals surface area contributed by atoms with Gasteiger partial charge in [0.15, 0.2) is 5.17 Å². The van der Waals surface area contributed by atoms with Crippen LogP contribution in [0.4, 0.5) is 5.69 Å². The third kappa shape index (κ3) is 4.50. The number of halogens is 3. The summed E-state index contributed by atoms with van der Waals surface area (Å²) >= 11 is 17.0. The summed E-state index contributed by atoms with van der Waals surface area (Å²) < 4.78 is 25.5. The molecule has 19 heavy (non-hydrogen) atoms. The van der Waals surface area contributed by atoms with E-state index < -0.39 is 25.9 Å². The highest BCUT2D eigenvalue weighted by Gasteiger charge is 2.19. The minimum atomic E-state index is -3.84. The van der Waals surface area contributed by atoms with Gasteiger partial charge in [0.1, 0.15) is 5.02 Å². The van der Waals surface area contributed by atoms with Crippen molar-refractivity contribution in [3.8, 4) is 0 Å². The molecule has 7 nitrogen and oxygen atoms in total. The van der Waals surface area contributed by atoms with Crippen molar-refractivity contribution in [3.63, 3.8) is 0 Å². The van der Waals surface area contributed by atoms with Crippen LogP contribution in [0.15, 0.2) is 17.3 Å². The van der Waals surface area contributed by atoms with Crippen molar-refractivity contribution in [2.24, 2.45) is 5.16 Å². The normalized spacial score (nSPS) is 12.3. The average molecular weight is 348 g/mol. The van der Waals surface area contributed by atoms with E-state index in [0.717, 1.165) is 12.3 Å². The van der Waals surface area contributed by atoms with Crippen LogP contribution in [0, 0.1) is 10.1 Å². The molecule has 11 heteroatoms. The summed E-state index contributed by atoms with van der Waals surface area (Å²) in [5, 5.41) is 13.0. The first-order chi connectivity index (χ1) is 8.61. The standard InChI is InChI=1S/C8H5Cl3N2O5S/c1-19(16,17)18-12-8(11)4-2-5(9)7(10)6(3-4)13(14)15/h2-3H,1H3. The zero-order valence-corrected chi connectivity index (χ0v) is 12.2. The molecular weight excluding hydrogens is 343 g/mol. The summed E-state index contributed by atoms with van der Waals surface area (Å²) in [5.41, 5.74) is -0.497. The number of nitrogens with zero attached hydrogens (tertiary/aromatic N) is 2. The van der Waals surface area contributed by atoms with Crippen molar-refractivity contribution < 1.29 is 17.6 Å². The van der Waals surface area contributed by atoms with E-state index in [4.69, 9.17) is 34.8 Å². The molecule has 0 saturated carbocycles. The maximum absolute atomic E-state index is 10.7. The Bertz CT molecular complexity index is 659. The van der Waals surface area contributed by atoms with Crippen LogP contribution in [0.2, 0.25) is 10.0 Å². The van der Waals surface area contributed by atoms with Crippen LogP contribution in [0.5, 0.6) is 0 Å². The summed E-state index contributed by atoms with van der Waals surface area (Å²) in [6.07, 6.45) is 0.762. The van der Waals surface area contributed by atoms with Gasteiger partial charge in [-0.05, 0) is 6.07 Å². The Morgan fingerprint density at radius 2 is 2.00 bits per heavy atom. The number of rotatable bonds is 4. The average Bonchev–Trinajstić information content (AvgIpc) is 2.28. The lowest BCUT2D eigenvalue weighted by atomic mass is 10.2. The summed E-state index contributed by atoms with van der Waals surface area (Å²) in [6, 6.07) is 2.18. The van der Waals surface area contributed by atoms with E-state index in [-0.39, 0.29) is 15.6 Å². The zero-order chi connectivity index (χ0) is 14.8. The second-order valence-electron chi connectivity index (χ2n) is 3.21. The Balaban J connectivity index is 3.25. The van der Waals surface area contributed by atoms with E-state index >= 15 is 0 Å². The molecule has 0 aliphatic rings. The predicted octanol–water partition coefficient (Wildman–Crippen LogP) is 2.78. The predicted molar refractivity (Wildman–Crippen MR) is 71.4 cm³/mol. The molecule has 0 aliphatic heterocycles. The van der Waals surface area contributed by atoms with Crippen LogP contribution in [0.25, 0.3) is 0 Å². The minimum Gasteiger partial charge on any atom is -0.267 e. The van der Waals surface area contributed by atoms with Crippen LogP contribution < -0.4 is 0 Å². The number of nitro groups is 1. The van der Waals surface area contributed by atoms with Crippen LogP contribution in [0.1, 0.15) is 5.56 Å². The highest BCUT2D eigenvalue weighted by Crippen LogP contribution is 2.33. The summed E-state index contributed by atoms with van der Waals surface area (Å²) in [7, 11) is -3.84. The van der Waals surface area contributed by atoms with Gasteiger partial charge >= 0.3 is 10.1 Å². The fourth-order valence-corrected chi connectivity index (χ4v) is 1.77. The second kappa shape index (κ2) is 5.91. The first-order valence-corrected chi connectivity index (χ1v) is 7.33. The van der Waals surface area contributed by atoms with Gasteiger partial charge in [0.2, 0.25) is 0 Å². The second-order valence-corrected chi connectivity index (χ2v) is 5.91. The molecule has 0 saturated heterocycles. The quantitative estimate of drug-likeness (QED) is 0.474. The van der Waals surface area contributed by atoms with Crippen molar-refractivity contribution in [1.82, 2.24) is 0 Å². The largest absolute Gasteiger partial charge is 0.325 e. The van der Waals surface area contributed by atoms with Gasteiger partial charge in [0, 0.05) is 11.6 Å². The van der Waals surface area contributed by atoms with Crippen molar-refractivity contribution in [3.05, 3.63) is 37.9 Å². The molecule has 0 aliphatic carbocycles. The summed E-state index contributed by atoms with van der Waals surface area (Å²) in [4.78, 5) is 9.95. The fourth-order valence-electron chi connectivity index (χ4n) is 0.980. The van der Waals surface area contributed by atoms with E-state index in [1.807, 2.05) is 0 Å². The Morgan fingerprint density at radius 3 is 2.47 bits per heavy atom. The first kappa shape index (κ1) is 16.0.